The Balaban J connectivity index is 1.75. The van der Waals surface area contributed by atoms with Crippen LogP contribution in [0.2, 0.25) is 0 Å². The zero-order valence-corrected chi connectivity index (χ0v) is 11.2. The van der Waals surface area contributed by atoms with Crippen molar-refractivity contribution in [2.24, 2.45) is 5.73 Å². The molecular formula is C13H19N3OS. The van der Waals surface area contributed by atoms with Gasteiger partial charge in [-0.3, -0.25) is 9.78 Å². The number of aromatic nitrogens is 1. The van der Waals surface area contributed by atoms with Crippen LogP contribution in [0.15, 0.2) is 24.4 Å². The monoisotopic (exact) mass is 265 g/mol. The number of amides is 1. The van der Waals surface area contributed by atoms with E-state index in [1.54, 1.807) is 18.0 Å². The number of carbonyl (C=O) groups excluding carboxylic acids is 1. The Kier molecular flexibility index (Phi) is 5.01. The molecule has 1 aliphatic heterocycles. The second-order valence-electron chi connectivity index (χ2n) is 4.43. The van der Waals surface area contributed by atoms with Crippen molar-refractivity contribution < 1.29 is 4.79 Å². The van der Waals surface area contributed by atoms with Crippen LogP contribution in [-0.4, -0.2) is 40.7 Å². The number of nitrogens with two attached hydrogens (primary N) is 1. The van der Waals surface area contributed by atoms with Gasteiger partial charge in [0.2, 0.25) is 5.91 Å². The lowest BCUT2D eigenvalue weighted by Gasteiger charge is -2.23. The molecule has 2 heterocycles. The highest BCUT2D eigenvalue weighted by Gasteiger charge is 2.26. The summed E-state index contributed by atoms with van der Waals surface area (Å²) in [7, 11) is 0. The first-order chi connectivity index (χ1) is 8.81. The number of likely N-dealkylation sites (tertiary alicyclic amines) is 1. The van der Waals surface area contributed by atoms with Crippen LogP contribution in [-0.2, 0) is 10.5 Å². The van der Waals surface area contributed by atoms with Crippen molar-refractivity contribution in [3.8, 4) is 0 Å². The Morgan fingerprint density at radius 2 is 2.44 bits per heavy atom. The molecule has 0 saturated carbocycles. The van der Waals surface area contributed by atoms with Crippen molar-refractivity contribution in [1.29, 1.82) is 0 Å². The number of hydrogen-bond acceptors (Lipinski definition) is 4. The lowest BCUT2D eigenvalue weighted by molar-refractivity contribution is -0.128. The Labute approximate surface area is 112 Å². The maximum absolute atomic E-state index is 12.0. The third-order valence-electron chi connectivity index (χ3n) is 3.17. The quantitative estimate of drug-likeness (QED) is 0.871. The Bertz CT molecular complexity index is 385. The van der Waals surface area contributed by atoms with Crippen LogP contribution >= 0.6 is 11.8 Å². The first-order valence-electron chi connectivity index (χ1n) is 6.28. The van der Waals surface area contributed by atoms with E-state index < -0.39 is 0 Å². The van der Waals surface area contributed by atoms with Crippen molar-refractivity contribution in [2.45, 2.75) is 24.6 Å². The summed E-state index contributed by atoms with van der Waals surface area (Å²) in [5.41, 5.74) is 6.69. The van der Waals surface area contributed by atoms with Crippen LogP contribution in [0.5, 0.6) is 0 Å². The smallest absolute Gasteiger partial charge is 0.232 e. The maximum atomic E-state index is 12.0. The predicted octanol–water partition coefficient (Wildman–Crippen LogP) is 1.26. The van der Waals surface area contributed by atoms with Gasteiger partial charge in [0.1, 0.15) is 0 Å². The summed E-state index contributed by atoms with van der Waals surface area (Å²) in [6, 6.07) is 6.11. The fourth-order valence-electron chi connectivity index (χ4n) is 2.22. The lowest BCUT2D eigenvalue weighted by atomic mass is 10.2. The van der Waals surface area contributed by atoms with Gasteiger partial charge in [0.25, 0.3) is 0 Å². The van der Waals surface area contributed by atoms with E-state index in [0.717, 1.165) is 30.8 Å². The van der Waals surface area contributed by atoms with Gasteiger partial charge in [-0.25, -0.2) is 0 Å². The summed E-state index contributed by atoms with van der Waals surface area (Å²) in [5, 5.41) is 0. The molecule has 18 heavy (non-hydrogen) atoms. The van der Waals surface area contributed by atoms with E-state index in [2.05, 4.69) is 4.98 Å². The van der Waals surface area contributed by atoms with Gasteiger partial charge < -0.3 is 10.6 Å². The molecule has 1 saturated heterocycles. The van der Waals surface area contributed by atoms with E-state index in [4.69, 9.17) is 5.73 Å². The second-order valence-corrected chi connectivity index (χ2v) is 5.42. The molecule has 1 fully saturated rings. The van der Waals surface area contributed by atoms with Gasteiger partial charge in [-0.1, -0.05) is 6.07 Å². The SMILES string of the molecule is NCC1CCCN1C(=O)CSCc1ccccn1. The molecule has 2 N–H and O–H groups in total. The van der Waals surface area contributed by atoms with E-state index in [-0.39, 0.29) is 11.9 Å². The van der Waals surface area contributed by atoms with E-state index in [1.165, 1.54) is 0 Å². The summed E-state index contributed by atoms with van der Waals surface area (Å²) >= 11 is 1.62. The third kappa shape index (κ3) is 3.46. The number of hydrogen-bond donors (Lipinski definition) is 1. The van der Waals surface area contributed by atoms with Crippen LogP contribution in [0.4, 0.5) is 0 Å². The molecule has 0 spiro atoms. The van der Waals surface area contributed by atoms with Crippen LogP contribution in [0.25, 0.3) is 0 Å². The van der Waals surface area contributed by atoms with Crippen molar-refractivity contribution >= 4 is 17.7 Å². The van der Waals surface area contributed by atoms with Gasteiger partial charge in [0.15, 0.2) is 0 Å². The molecule has 1 unspecified atom stereocenters. The predicted molar refractivity (Wildman–Crippen MR) is 74.2 cm³/mol. The lowest BCUT2D eigenvalue weighted by Crippen LogP contribution is -2.40. The highest BCUT2D eigenvalue weighted by molar-refractivity contribution is 7.99. The van der Waals surface area contributed by atoms with Crippen molar-refractivity contribution in [1.82, 2.24) is 9.88 Å². The Hall–Kier alpha value is -1.07. The van der Waals surface area contributed by atoms with Gasteiger partial charge in [-0.05, 0) is 25.0 Å². The molecule has 1 aromatic rings. The van der Waals surface area contributed by atoms with E-state index in [1.807, 2.05) is 23.1 Å². The Morgan fingerprint density at radius 3 is 3.17 bits per heavy atom. The molecular weight excluding hydrogens is 246 g/mol. The van der Waals surface area contributed by atoms with Crippen molar-refractivity contribution in [3.63, 3.8) is 0 Å². The van der Waals surface area contributed by atoms with Crippen LogP contribution in [0, 0.1) is 0 Å². The van der Waals surface area contributed by atoms with Crippen LogP contribution < -0.4 is 5.73 Å². The molecule has 0 aliphatic carbocycles. The highest BCUT2D eigenvalue weighted by atomic mass is 32.2. The number of thioether (sulfide) groups is 1. The minimum atomic E-state index is 0.212. The molecule has 1 atom stereocenters. The second kappa shape index (κ2) is 6.75. The number of nitrogens with zero attached hydrogens (tertiary/aromatic N) is 2. The number of carbonyl (C=O) groups is 1. The summed E-state index contributed by atoms with van der Waals surface area (Å²) < 4.78 is 0. The minimum absolute atomic E-state index is 0.212. The highest BCUT2D eigenvalue weighted by Crippen LogP contribution is 2.18. The molecule has 1 aromatic heterocycles. The van der Waals surface area contributed by atoms with E-state index in [0.29, 0.717) is 12.3 Å². The van der Waals surface area contributed by atoms with Gasteiger partial charge in [0.05, 0.1) is 11.4 Å². The fraction of sp³-hybridized carbons (Fsp3) is 0.538. The molecule has 1 amide bonds. The molecule has 1 aliphatic rings. The average Bonchev–Trinajstić information content (AvgIpc) is 2.88. The van der Waals surface area contributed by atoms with Crippen molar-refractivity contribution in [2.75, 3.05) is 18.8 Å². The molecule has 0 radical (unpaired) electrons. The zero-order chi connectivity index (χ0) is 12.8. The summed E-state index contributed by atoms with van der Waals surface area (Å²) in [4.78, 5) is 18.2. The normalized spacial score (nSPS) is 19.2. The van der Waals surface area contributed by atoms with E-state index >= 15 is 0 Å². The first kappa shape index (κ1) is 13.4. The van der Waals surface area contributed by atoms with Crippen molar-refractivity contribution in [3.05, 3.63) is 30.1 Å². The summed E-state index contributed by atoms with van der Waals surface area (Å²) in [6.45, 7) is 1.45. The standard InChI is InChI=1S/C13H19N3OS/c14-8-12-5-3-7-16(12)13(17)10-18-9-11-4-1-2-6-15-11/h1-2,4,6,12H,3,5,7-10,14H2. The largest absolute Gasteiger partial charge is 0.338 e. The summed E-state index contributed by atoms with van der Waals surface area (Å²) in [5.74, 6) is 1.52. The van der Waals surface area contributed by atoms with E-state index in [9.17, 15) is 4.79 Å². The Morgan fingerprint density at radius 1 is 1.56 bits per heavy atom. The number of pyridine rings is 1. The molecule has 4 nitrogen and oxygen atoms in total. The van der Waals surface area contributed by atoms with Gasteiger partial charge in [-0.2, -0.15) is 0 Å². The van der Waals surface area contributed by atoms with Gasteiger partial charge in [-0.15, -0.1) is 11.8 Å². The molecule has 5 heteroatoms. The molecule has 98 valence electrons. The minimum Gasteiger partial charge on any atom is -0.338 e. The molecule has 2 rings (SSSR count). The summed E-state index contributed by atoms with van der Waals surface area (Å²) in [6.07, 6.45) is 3.91. The fourth-order valence-corrected chi connectivity index (χ4v) is 3.04. The molecule has 0 aromatic carbocycles. The van der Waals surface area contributed by atoms with Crippen LogP contribution in [0.1, 0.15) is 18.5 Å². The average molecular weight is 265 g/mol. The zero-order valence-electron chi connectivity index (χ0n) is 10.4. The first-order valence-corrected chi connectivity index (χ1v) is 7.44. The van der Waals surface area contributed by atoms with Gasteiger partial charge in [0, 0.05) is 31.1 Å². The maximum Gasteiger partial charge on any atom is 0.232 e. The van der Waals surface area contributed by atoms with Gasteiger partial charge >= 0.3 is 0 Å². The third-order valence-corrected chi connectivity index (χ3v) is 4.12. The topological polar surface area (TPSA) is 59.2 Å². The molecule has 0 bridgehead atoms. The number of rotatable bonds is 5. The van der Waals surface area contributed by atoms with Crippen LogP contribution in [0.3, 0.4) is 0 Å².